The lowest BCUT2D eigenvalue weighted by atomic mass is 9.96. The Balaban J connectivity index is 1.64. The molecule has 0 aromatic carbocycles. The molecule has 2 amide bonds. The Hall–Kier alpha value is -2.24. The predicted molar refractivity (Wildman–Crippen MR) is 76.4 cm³/mol. The summed E-state index contributed by atoms with van der Waals surface area (Å²) in [5, 5.41) is 6.60. The van der Waals surface area contributed by atoms with Crippen LogP contribution in [0.4, 0.5) is 10.6 Å². The number of urea groups is 1. The number of aromatic nitrogens is 3. The van der Waals surface area contributed by atoms with Gasteiger partial charge in [0.2, 0.25) is 0 Å². The van der Waals surface area contributed by atoms with Crippen molar-refractivity contribution in [2.75, 3.05) is 5.32 Å². The maximum atomic E-state index is 11.9. The smallest absolute Gasteiger partial charge is 0.320 e. The Kier molecular flexibility index (Phi) is 3.71. The minimum atomic E-state index is -0.196. The molecule has 104 valence electrons. The molecule has 0 bridgehead atoms. The summed E-state index contributed by atoms with van der Waals surface area (Å²) in [6.07, 6.45) is 8.91. The minimum absolute atomic E-state index is 0.196. The highest BCUT2D eigenvalue weighted by Crippen LogP contribution is 2.17. The van der Waals surface area contributed by atoms with E-state index in [-0.39, 0.29) is 12.1 Å². The average molecular weight is 271 g/mol. The molecule has 1 fully saturated rings. The average Bonchev–Trinajstić information content (AvgIpc) is 2.48. The topological polar surface area (TPSA) is 79.8 Å². The van der Waals surface area contributed by atoms with Gasteiger partial charge in [-0.15, -0.1) is 0 Å². The number of fused-ring (bicyclic) bond motifs is 1. The Morgan fingerprint density at radius 2 is 2.05 bits per heavy atom. The highest BCUT2D eigenvalue weighted by Gasteiger charge is 2.15. The number of hydrogen-bond acceptors (Lipinski definition) is 4. The molecule has 2 N–H and O–H groups in total. The van der Waals surface area contributed by atoms with E-state index in [9.17, 15) is 4.79 Å². The lowest BCUT2D eigenvalue weighted by Gasteiger charge is -2.22. The first-order valence-electron chi connectivity index (χ1n) is 6.95. The van der Waals surface area contributed by atoms with Gasteiger partial charge in [0, 0.05) is 17.6 Å². The maximum absolute atomic E-state index is 11.9. The lowest BCUT2D eigenvalue weighted by molar-refractivity contribution is 0.244. The Labute approximate surface area is 117 Å². The predicted octanol–water partition coefficient (Wildman–Crippen LogP) is 2.48. The Morgan fingerprint density at radius 1 is 1.20 bits per heavy atom. The molecule has 3 rings (SSSR count). The zero-order valence-electron chi connectivity index (χ0n) is 11.2. The summed E-state index contributed by atoms with van der Waals surface area (Å²) < 4.78 is 0. The number of pyridine rings is 1. The van der Waals surface area contributed by atoms with Crippen molar-refractivity contribution in [1.82, 2.24) is 20.3 Å². The minimum Gasteiger partial charge on any atom is -0.335 e. The van der Waals surface area contributed by atoms with Crippen molar-refractivity contribution >= 4 is 22.9 Å². The van der Waals surface area contributed by atoms with Crippen LogP contribution in [0.1, 0.15) is 32.1 Å². The number of nitrogens with one attached hydrogen (secondary N) is 2. The van der Waals surface area contributed by atoms with Crippen molar-refractivity contribution in [3.8, 4) is 0 Å². The first kappa shape index (κ1) is 12.8. The van der Waals surface area contributed by atoms with Gasteiger partial charge in [0.05, 0.1) is 0 Å². The molecule has 6 nitrogen and oxygen atoms in total. The summed E-state index contributed by atoms with van der Waals surface area (Å²) in [4.78, 5) is 24.2. The van der Waals surface area contributed by atoms with Crippen LogP contribution in [0.5, 0.6) is 0 Å². The molecule has 0 aliphatic heterocycles. The molecule has 0 saturated heterocycles. The normalized spacial score (nSPS) is 16.0. The van der Waals surface area contributed by atoms with Crippen LogP contribution in [0, 0.1) is 0 Å². The molecule has 0 atom stereocenters. The van der Waals surface area contributed by atoms with E-state index in [1.54, 1.807) is 12.3 Å². The SMILES string of the molecule is O=C(Nc1ccc2cncnc2n1)NC1CCCCC1. The second kappa shape index (κ2) is 5.81. The first-order chi connectivity index (χ1) is 9.81. The van der Waals surface area contributed by atoms with Crippen LogP contribution in [-0.4, -0.2) is 27.0 Å². The zero-order valence-corrected chi connectivity index (χ0v) is 11.2. The molecule has 0 radical (unpaired) electrons. The summed E-state index contributed by atoms with van der Waals surface area (Å²) in [6, 6.07) is 3.69. The number of carbonyl (C=O) groups excluding carboxylic acids is 1. The van der Waals surface area contributed by atoms with Crippen LogP contribution < -0.4 is 10.6 Å². The van der Waals surface area contributed by atoms with Gasteiger partial charge in [0.25, 0.3) is 0 Å². The standard InChI is InChI=1S/C14H17N5O/c20-14(17-11-4-2-1-3-5-11)19-12-7-6-10-8-15-9-16-13(10)18-12/h6-9,11H,1-5H2,(H2,15,16,17,18,19,20). The number of hydrogen-bond donors (Lipinski definition) is 2. The maximum Gasteiger partial charge on any atom is 0.320 e. The Bertz CT molecular complexity index is 609. The largest absolute Gasteiger partial charge is 0.335 e. The fourth-order valence-corrected chi connectivity index (χ4v) is 2.52. The molecule has 0 unspecified atom stereocenters. The Morgan fingerprint density at radius 3 is 2.90 bits per heavy atom. The van der Waals surface area contributed by atoms with Gasteiger partial charge < -0.3 is 5.32 Å². The summed E-state index contributed by atoms with van der Waals surface area (Å²) in [6.45, 7) is 0. The quantitative estimate of drug-likeness (QED) is 0.879. The summed E-state index contributed by atoms with van der Waals surface area (Å²) in [7, 11) is 0. The van der Waals surface area contributed by atoms with Crippen molar-refractivity contribution in [3.63, 3.8) is 0 Å². The molecule has 1 aliphatic carbocycles. The summed E-state index contributed by atoms with van der Waals surface area (Å²) in [5.41, 5.74) is 0.579. The molecular formula is C14H17N5O. The molecule has 0 spiro atoms. The summed E-state index contributed by atoms with van der Waals surface area (Å²) in [5.74, 6) is 0.504. The second-order valence-electron chi connectivity index (χ2n) is 5.07. The van der Waals surface area contributed by atoms with Crippen molar-refractivity contribution in [2.24, 2.45) is 0 Å². The van der Waals surface area contributed by atoms with Crippen molar-refractivity contribution in [2.45, 2.75) is 38.1 Å². The van der Waals surface area contributed by atoms with Gasteiger partial charge >= 0.3 is 6.03 Å². The van der Waals surface area contributed by atoms with E-state index in [1.807, 2.05) is 6.07 Å². The fraction of sp³-hybridized carbons (Fsp3) is 0.429. The molecule has 6 heteroatoms. The van der Waals surface area contributed by atoms with Gasteiger partial charge in [0.1, 0.15) is 12.1 Å². The highest BCUT2D eigenvalue weighted by molar-refractivity contribution is 5.89. The molecule has 2 heterocycles. The van der Waals surface area contributed by atoms with Crippen LogP contribution in [-0.2, 0) is 0 Å². The zero-order chi connectivity index (χ0) is 13.8. The number of rotatable bonds is 2. The van der Waals surface area contributed by atoms with Crippen LogP contribution in [0.15, 0.2) is 24.7 Å². The second-order valence-corrected chi connectivity index (χ2v) is 5.07. The van der Waals surface area contributed by atoms with E-state index in [0.717, 1.165) is 18.2 Å². The van der Waals surface area contributed by atoms with E-state index in [2.05, 4.69) is 25.6 Å². The van der Waals surface area contributed by atoms with E-state index in [0.29, 0.717) is 11.5 Å². The monoisotopic (exact) mass is 271 g/mol. The van der Waals surface area contributed by atoms with Crippen molar-refractivity contribution in [3.05, 3.63) is 24.7 Å². The fourth-order valence-electron chi connectivity index (χ4n) is 2.52. The molecule has 20 heavy (non-hydrogen) atoms. The van der Waals surface area contributed by atoms with Crippen LogP contribution in [0.3, 0.4) is 0 Å². The highest BCUT2D eigenvalue weighted by atomic mass is 16.2. The van der Waals surface area contributed by atoms with Crippen LogP contribution >= 0.6 is 0 Å². The van der Waals surface area contributed by atoms with Gasteiger partial charge in [-0.25, -0.2) is 19.7 Å². The van der Waals surface area contributed by atoms with Gasteiger partial charge in [-0.05, 0) is 25.0 Å². The third-order valence-electron chi connectivity index (χ3n) is 3.55. The van der Waals surface area contributed by atoms with E-state index in [1.165, 1.54) is 25.6 Å². The van der Waals surface area contributed by atoms with Gasteiger partial charge in [-0.1, -0.05) is 19.3 Å². The van der Waals surface area contributed by atoms with E-state index < -0.39 is 0 Å². The van der Waals surface area contributed by atoms with Crippen LogP contribution in [0.25, 0.3) is 11.0 Å². The molecule has 1 saturated carbocycles. The number of carbonyl (C=O) groups is 1. The van der Waals surface area contributed by atoms with Gasteiger partial charge in [0.15, 0.2) is 5.65 Å². The van der Waals surface area contributed by atoms with E-state index in [4.69, 9.17) is 0 Å². The molecule has 2 aromatic rings. The first-order valence-corrected chi connectivity index (χ1v) is 6.95. The molecular weight excluding hydrogens is 254 g/mol. The van der Waals surface area contributed by atoms with Crippen molar-refractivity contribution < 1.29 is 4.79 Å². The van der Waals surface area contributed by atoms with Crippen molar-refractivity contribution in [1.29, 1.82) is 0 Å². The van der Waals surface area contributed by atoms with Gasteiger partial charge in [-0.2, -0.15) is 0 Å². The third kappa shape index (κ3) is 3.01. The third-order valence-corrected chi connectivity index (χ3v) is 3.55. The molecule has 1 aliphatic rings. The number of nitrogens with zero attached hydrogens (tertiary/aromatic N) is 3. The number of amides is 2. The molecule has 2 aromatic heterocycles. The van der Waals surface area contributed by atoms with Crippen LogP contribution in [0.2, 0.25) is 0 Å². The number of anilines is 1. The van der Waals surface area contributed by atoms with E-state index >= 15 is 0 Å². The summed E-state index contributed by atoms with van der Waals surface area (Å²) >= 11 is 0. The van der Waals surface area contributed by atoms with Gasteiger partial charge in [-0.3, -0.25) is 5.32 Å². The lowest BCUT2D eigenvalue weighted by Crippen LogP contribution is -2.39.